The summed E-state index contributed by atoms with van der Waals surface area (Å²) >= 11 is 3.35. The monoisotopic (exact) mass is 329 g/mol. The molecule has 3 heterocycles. The molecule has 0 aromatic carbocycles. The minimum Gasteiger partial charge on any atom is -0.295 e. The normalized spacial score (nSPS) is 20.1. The van der Waals surface area contributed by atoms with Crippen LogP contribution in [0.3, 0.4) is 0 Å². The molecule has 0 amide bonds. The molecule has 0 unspecified atom stereocenters. The number of nitrogens with zero attached hydrogens (tertiary/aromatic N) is 1. The van der Waals surface area contributed by atoms with Crippen LogP contribution in [0.2, 0.25) is 0 Å². The molecule has 1 aliphatic heterocycles. The number of carbonyl (C=O) groups is 1. The molecule has 3 rings (SSSR count). The minimum atomic E-state index is 0.203. The Hall–Kier alpha value is -1.49. The first-order valence-corrected chi connectivity index (χ1v) is 9.27. The van der Waals surface area contributed by atoms with Crippen molar-refractivity contribution in [2.75, 3.05) is 19.6 Å². The molecule has 1 fully saturated rings. The number of thiophene rings is 2. The number of hydrogen-bond donors (Lipinski definition) is 0. The van der Waals surface area contributed by atoms with Crippen molar-refractivity contribution in [3.63, 3.8) is 0 Å². The van der Waals surface area contributed by atoms with Gasteiger partial charge < -0.3 is 0 Å². The Labute approximate surface area is 139 Å². The second-order valence-electron chi connectivity index (χ2n) is 5.41. The van der Waals surface area contributed by atoms with Gasteiger partial charge in [0, 0.05) is 34.0 Å². The van der Waals surface area contributed by atoms with Crippen LogP contribution in [0.15, 0.2) is 46.2 Å². The number of Topliss-reactive ketones (excluding diaryl/α,β-unsaturated/α-hetero) is 1. The minimum absolute atomic E-state index is 0.203. The van der Waals surface area contributed by atoms with Gasteiger partial charge in [-0.05, 0) is 48.0 Å². The zero-order chi connectivity index (χ0) is 15.4. The Kier molecular flexibility index (Phi) is 5.03. The molecule has 2 aromatic rings. The number of likely N-dealkylation sites (tertiary alicyclic amines) is 1. The number of piperidine rings is 1. The van der Waals surface area contributed by atoms with Crippen molar-refractivity contribution >= 4 is 40.6 Å². The second kappa shape index (κ2) is 7.18. The van der Waals surface area contributed by atoms with Gasteiger partial charge in [0.1, 0.15) is 0 Å². The van der Waals surface area contributed by atoms with Crippen LogP contribution < -0.4 is 0 Å². The summed E-state index contributed by atoms with van der Waals surface area (Å²) in [5.41, 5.74) is 1.81. The van der Waals surface area contributed by atoms with Gasteiger partial charge in [-0.15, -0.1) is 22.7 Å². The maximum absolute atomic E-state index is 12.8. The fourth-order valence-electron chi connectivity index (χ4n) is 2.67. The van der Waals surface area contributed by atoms with Crippen molar-refractivity contribution in [1.29, 1.82) is 0 Å². The summed E-state index contributed by atoms with van der Waals surface area (Å²) in [5, 5.41) is 4.10. The lowest BCUT2D eigenvalue weighted by Gasteiger charge is -2.29. The highest BCUT2D eigenvalue weighted by Gasteiger charge is 2.25. The summed E-state index contributed by atoms with van der Waals surface area (Å²) in [5.74, 6) is 0.203. The van der Waals surface area contributed by atoms with E-state index in [-0.39, 0.29) is 5.78 Å². The third-order valence-corrected chi connectivity index (χ3v) is 5.27. The average Bonchev–Trinajstić information content (AvgIpc) is 3.17. The molecular formula is C18H19NOS2. The summed E-state index contributed by atoms with van der Waals surface area (Å²) < 4.78 is 0. The molecule has 0 aliphatic carbocycles. The first-order chi connectivity index (χ1) is 10.8. The van der Waals surface area contributed by atoms with Crippen LogP contribution in [0.5, 0.6) is 0 Å². The maximum atomic E-state index is 12.8. The van der Waals surface area contributed by atoms with E-state index in [9.17, 15) is 4.79 Å². The molecule has 22 heavy (non-hydrogen) atoms. The largest absolute Gasteiger partial charge is 0.295 e. The predicted octanol–water partition coefficient (Wildman–Crippen LogP) is 4.57. The molecular weight excluding hydrogens is 310 g/mol. The van der Waals surface area contributed by atoms with E-state index < -0.39 is 0 Å². The summed E-state index contributed by atoms with van der Waals surface area (Å²) in [6, 6.07) is 8.17. The van der Waals surface area contributed by atoms with Crippen LogP contribution in [-0.4, -0.2) is 30.3 Å². The molecule has 0 bridgehead atoms. The Bertz CT molecular complexity index is 625. The molecule has 0 radical (unpaired) electrons. The number of hydrogen-bond acceptors (Lipinski definition) is 4. The van der Waals surface area contributed by atoms with E-state index in [2.05, 4.69) is 36.1 Å². The fraction of sp³-hybridized carbons (Fsp3) is 0.278. The highest BCUT2D eigenvalue weighted by Crippen LogP contribution is 2.24. The van der Waals surface area contributed by atoms with E-state index in [0.717, 1.165) is 47.0 Å². The summed E-state index contributed by atoms with van der Waals surface area (Å²) in [6.07, 6.45) is 5.21. The summed E-state index contributed by atoms with van der Waals surface area (Å²) in [7, 11) is 0. The molecule has 1 saturated heterocycles. The van der Waals surface area contributed by atoms with E-state index in [1.807, 2.05) is 22.9 Å². The molecule has 114 valence electrons. The lowest BCUT2D eigenvalue weighted by atomic mass is 9.96. The van der Waals surface area contributed by atoms with Crippen LogP contribution in [-0.2, 0) is 4.79 Å². The second-order valence-corrected chi connectivity index (χ2v) is 7.37. The average molecular weight is 329 g/mol. The molecule has 2 aromatic heterocycles. The van der Waals surface area contributed by atoms with Gasteiger partial charge in [-0.3, -0.25) is 9.69 Å². The third-order valence-electron chi connectivity index (χ3n) is 3.63. The van der Waals surface area contributed by atoms with E-state index in [0.29, 0.717) is 0 Å². The van der Waals surface area contributed by atoms with Crippen LogP contribution >= 0.6 is 22.7 Å². The summed E-state index contributed by atoms with van der Waals surface area (Å²) in [4.78, 5) is 17.4. The molecule has 1 aliphatic rings. The number of carbonyl (C=O) groups excluding carboxylic acids is 1. The van der Waals surface area contributed by atoms with Gasteiger partial charge in [0.2, 0.25) is 0 Å². The lowest BCUT2D eigenvalue weighted by Crippen LogP contribution is -2.38. The smallest absolute Gasteiger partial charge is 0.187 e. The Balaban J connectivity index is 1.91. The first kappa shape index (κ1) is 15.4. The van der Waals surface area contributed by atoms with Gasteiger partial charge in [-0.25, -0.2) is 0 Å². The third kappa shape index (κ3) is 3.64. The fourth-order valence-corrected chi connectivity index (χ4v) is 4.04. The molecule has 0 N–H and O–H groups in total. The highest BCUT2D eigenvalue weighted by molar-refractivity contribution is 7.11. The SMILES string of the molecule is CCCN1CC(=Cc2cccs2)C(=O)C(=Cc2cccs2)C1. The quantitative estimate of drug-likeness (QED) is 0.766. The van der Waals surface area contributed by atoms with Crippen molar-refractivity contribution in [2.45, 2.75) is 13.3 Å². The first-order valence-electron chi connectivity index (χ1n) is 7.51. The van der Waals surface area contributed by atoms with Gasteiger partial charge in [0.05, 0.1) is 0 Å². The van der Waals surface area contributed by atoms with Crippen molar-refractivity contribution in [3.05, 3.63) is 55.9 Å². The lowest BCUT2D eigenvalue weighted by molar-refractivity contribution is -0.113. The molecule has 4 heteroatoms. The number of ketones is 1. The zero-order valence-corrected chi connectivity index (χ0v) is 14.3. The van der Waals surface area contributed by atoms with E-state index in [4.69, 9.17) is 0 Å². The van der Waals surface area contributed by atoms with Crippen molar-refractivity contribution in [2.24, 2.45) is 0 Å². The van der Waals surface area contributed by atoms with Crippen molar-refractivity contribution in [1.82, 2.24) is 4.90 Å². The van der Waals surface area contributed by atoms with Crippen LogP contribution in [0.25, 0.3) is 12.2 Å². The molecule has 0 spiro atoms. The van der Waals surface area contributed by atoms with Gasteiger partial charge in [0.15, 0.2) is 5.78 Å². The Morgan fingerprint density at radius 2 is 1.59 bits per heavy atom. The maximum Gasteiger partial charge on any atom is 0.187 e. The van der Waals surface area contributed by atoms with Gasteiger partial charge in [-0.1, -0.05) is 19.1 Å². The van der Waals surface area contributed by atoms with Gasteiger partial charge in [0.25, 0.3) is 0 Å². The molecule has 0 saturated carbocycles. The van der Waals surface area contributed by atoms with Crippen LogP contribution in [0.4, 0.5) is 0 Å². The molecule has 0 atom stereocenters. The van der Waals surface area contributed by atoms with Crippen molar-refractivity contribution in [3.8, 4) is 0 Å². The van der Waals surface area contributed by atoms with Crippen LogP contribution in [0.1, 0.15) is 23.1 Å². The van der Waals surface area contributed by atoms with Crippen LogP contribution in [0, 0.1) is 0 Å². The van der Waals surface area contributed by atoms with E-state index >= 15 is 0 Å². The highest BCUT2D eigenvalue weighted by atomic mass is 32.1. The van der Waals surface area contributed by atoms with Crippen molar-refractivity contribution < 1.29 is 4.79 Å². The standard InChI is InChI=1S/C18H19NOS2/c1-2-7-19-12-14(10-16-5-3-8-21-16)18(20)15(13-19)11-17-6-4-9-22-17/h3-6,8-11H,2,7,12-13H2,1H3. The number of rotatable bonds is 4. The Morgan fingerprint density at radius 1 is 1.05 bits per heavy atom. The van der Waals surface area contributed by atoms with Gasteiger partial charge >= 0.3 is 0 Å². The van der Waals surface area contributed by atoms with E-state index in [1.165, 1.54) is 0 Å². The Morgan fingerprint density at radius 3 is 2.00 bits per heavy atom. The summed E-state index contributed by atoms with van der Waals surface area (Å²) in [6.45, 7) is 4.72. The molecule has 2 nitrogen and oxygen atoms in total. The van der Waals surface area contributed by atoms with E-state index in [1.54, 1.807) is 22.7 Å². The van der Waals surface area contributed by atoms with Gasteiger partial charge in [-0.2, -0.15) is 0 Å². The predicted molar refractivity (Wildman–Crippen MR) is 96.3 cm³/mol. The zero-order valence-electron chi connectivity index (χ0n) is 12.6. The topological polar surface area (TPSA) is 20.3 Å².